The van der Waals surface area contributed by atoms with E-state index in [1.807, 2.05) is 11.9 Å². The van der Waals surface area contributed by atoms with Crippen LogP contribution in [-0.4, -0.2) is 43.4 Å². The van der Waals surface area contributed by atoms with Crippen molar-refractivity contribution in [2.45, 2.75) is 44.7 Å². The van der Waals surface area contributed by atoms with Crippen LogP contribution in [0, 0.1) is 5.82 Å². The Kier molecular flexibility index (Phi) is 7.03. The summed E-state index contributed by atoms with van der Waals surface area (Å²) in [4.78, 5) is 18.1. The molecule has 0 unspecified atom stereocenters. The van der Waals surface area contributed by atoms with Crippen molar-refractivity contribution in [2.75, 3.05) is 20.6 Å². The average molecular weight is 334 g/mol. The lowest BCUT2D eigenvalue weighted by Crippen LogP contribution is -2.41. The monoisotopic (exact) mass is 334 g/mol. The van der Waals surface area contributed by atoms with Crippen LogP contribution in [0.1, 0.15) is 37.7 Å². The van der Waals surface area contributed by atoms with E-state index in [9.17, 15) is 9.18 Å². The highest BCUT2D eigenvalue weighted by molar-refractivity contribution is 5.81. The highest BCUT2D eigenvalue weighted by Gasteiger charge is 2.16. The fraction of sp³-hybridized carbons (Fsp3) is 0.556. The number of halogens is 1. The van der Waals surface area contributed by atoms with Crippen LogP contribution >= 0.6 is 0 Å². The molecular formula is C18H27FN4O. The molecule has 0 heterocycles. The first-order valence-corrected chi connectivity index (χ1v) is 8.54. The maximum Gasteiger partial charge on any atom is 0.221 e. The Bertz CT molecular complexity index is 553. The molecule has 0 radical (unpaired) electrons. The van der Waals surface area contributed by atoms with E-state index in [0.717, 1.165) is 18.4 Å². The van der Waals surface area contributed by atoms with Crippen molar-refractivity contribution in [1.29, 1.82) is 0 Å². The van der Waals surface area contributed by atoms with Crippen LogP contribution in [0.15, 0.2) is 29.3 Å². The van der Waals surface area contributed by atoms with E-state index in [-0.39, 0.29) is 11.7 Å². The Labute approximate surface area is 143 Å². The number of guanidine groups is 1. The number of nitrogens with zero attached hydrogens (tertiary/aromatic N) is 2. The normalized spacial score (nSPS) is 15.4. The summed E-state index contributed by atoms with van der Waals surface area (Å²) in [5, 5.41) is 6.27. The maximum atomic E-state index is 12.9. The minimum atomic E-state index is -0.239. The molecule has 1 aliphatic rings. The molecule has 2 N–H and O–H groups in total. The smallest absolute Gasteiger partial charge is 0.221 e. The lowest BCUT2D eigenvalue weighted by atomic mass is 10.2. The molecule has 1 amide bonds. The van der Waals surface area contributed by atoms with Gasteiger partial charge in [0.1, 0.15) is 5.82 Å². The topological polar surface area (TPSA) is 56.7 Å². The van der Waals surface area contributed by atoms with Gasteiger partial charge in [0.05, 0.1) is 0 Å². The second-order valence-electron chi connectivity index (χ2n) is 6.26. The van der Waals surface area contributed by atoms with Gasteiger partial charge in [-0.05, 0) is 30.5 Å². The number of nitrogens with one attached hydrogen (secondary N) is 2. The van der Waals surface area contributed by atoms with Gasteiger partial charge in [0.2, 0.25) is 5.91 Å². The zero-order valence-corrected chi connectivity index (χ0v) is 14.5. The summed E-state index contributed by atoms with van der Waals surface area (Å²) in [7, 11) is 3.62. The third-order valence-electron chi connectivity index (χ3n) is 4.26. The molecule has 1 aliphatic carbocycles. The van der Waals surface area contributed by atoms with Crippen molar-refractivity contribution in [3.63, 3.8) is 0 Å². The van der Waals surface area contributed by atoms with Crippen molar-refractivity contribution in [3.05, 3.63) is 35.6 Å². The maximum absolute atomic E-state index is 12.9. The first-order chi connectivity index (χ1) is 11.6. The van der Waals surface area contributed by atoms with Gasteiger partial charge < -0.3 is 15.5 Å². The predicted molar refractivity (Wildman–Crippen MR) is 94.2 cm³/mol. The number of benzene rings is 1. The summed E-state index contributed by atoms with van der Waals surface area (Å²) in [6.45, 7) is 1.16. The minimum Gasteiger partial charge on any atom is -0.356 e. The molecule has 0 saturated heterocycles. The van der Waals surface area contributed by atoms with Crippen molar-refractivity contribution in [1.82, 2.24) is 15.5 Å². The van der Waals surface area contributed by atoms with Gasteiger partial charge in [0.15, 0.2) is 5.96 Å². The second-order valence-corrected chi connectivity index (χ2v) is 6.26. The number of amides is 1. The average Bonchev–Trinajstić information content (AvgIpc) is 3.06. The van der Waals surface area contributed by atoms with Crippen LogP contribution in [0.2, 0.25) is 0 Å². The van der Waals surface area contributed by atoms with Gasteiger partial charge in [-0.25, -0.2) is 4.39 Å². The van der Waals surface area contributed by atoms with Gasteiger partial charge in [-0.1, -0.05) is 25.0 Å². The summed E-state index contributed by atoms with van der Waals surface area (Å²) >= 11 is 0. The second kappa shape index (κ2) is 9.25. The number of hydrogen-bond acceptors (Lipinski definition) is 2. The molecule has 1 aromatic rings. The molecule has 5 nitrogen and oxygen atoms in total. The molecule has 132 valence electrons. The number of carbonyl (C=O) groups is 1. The summed E-state index contributed by atoms with van der Waals surface area (Å²) in [6, 6.07) is 6.78. The number of rotatable bonds is 6. The van der Waals surface area contributed by atoms with E-state index in [4.69, 9.17) is 0 Å². The van der Waals surface area contributed by atoms with E-state index < -0.39 is 0 Å². The predicted octanol–water partition coefficient (Wildman–Crippen LogP) is 2.28. The van der Waals surface area contributed by atoms with Gasteiger partial charge >= 0.3 is 0 Å². The van der Waals surface area contributed by atoms with Gasteiger partial charge in [-0.15, -0.1) is 0 Å². The molecule has 0 spiro atoms. The van der Waals surface area contributed by atoms with E-state index >= 15 is 0 Å². The number of hydrogen-bond donors (Lipinski definition) is 2. The molecule has 2 rings (SSSR count). The zero-order chi connectivity index (χ0) is 17.4. The summed E-state index contributed by atoms with van der Waals surface area (Å²) in [5.41, 5.74) is 1.00. The Morgan fingerprint density at radius 1 is 1.29 bits per heavy atom. The van der Waals surface area contributed by atoms with Gasteiger partial charge in [-0.2, -0.15) is 0 Å². The molecule has 0 atom stereocenters. The van der Waals surface area contributed by atoms with Crippen molar-refractivity contribution in [3.8, 4) is 0 Å². The largest absolute Gasteiger partial charge is 0.356 e. The van der Waals surface area contributed by atoms with E-state index in [2.05, 4.69) is 15.6 Å². The summed E-state index contributed by atoms with van der Waals surface area (Å²) in [6.07, 6.45) is 5.05. The molecule has 1 saturated carbocycles. The van der Waals surface area contributed by atoms with Gasteiger partial charge in [0, 0.05) is 39.6 Å². The van der Waals surface area contributed by atoms with Crippen LogP contribution in [0.25, 0.3) is 0 Å². The zero-order valence-electron chi connectivity index (χ0n) is 14.5. The van der Waals surface area contributed by atoms with E-state index in [1.54, 1.807) is 19.2 Å². The molecule has 0 aliphatic heterocycles. The molecule has 1 fully saturated rings. The van der Waals surface area contributed by atoms with Crippen molar-refractivity contribution in [2.24, 2.45) is 4.99 Å². The minimum absolute atomic E-state index is 0.0889. The Morgan fingerprint density at radius 2 is 1.96 bits per heavy atom. The van der Waals surface area contributed by atoms with Crippen LogP contribution < -0.4 is 10.6 Å². The fourth-order valence-electron chi connectivity index (χ4n) is 2.98. The molecule has 1 aromatic carbocycles. The lowest BCUT2D eigenvalue weighted by Gasteiger charge is -2.22. The van der Waals surface area contributed by atoms with Crippen LogP contribution in [0.4, 0.5) is 4.39 Å². The van der Waals surface area contributed by atoms with Gasteiger partial charge in [0.25, 0.3) is 0 Å². The highest BCUT2D eigenvalue weighted by Crippen LogP contribution is 2.17. The standard InChI is InChI=1S/C18H27FN4O/c1-20-18(23(2)13-14-7-9-15(19)10-8-14)21-12-11-17(24)22-16-5-3-4-6-16/h7-10,16H,3-6,11-13H2,1-2H3,(H,20,21)(H,22,24). The number of carbonyl (C=O) groups excluding carboxylic acids is 1. The fourth-order valence-corrected chi connectivity index (χ4v) is 2.98. The highest BCUT2D eigenvalue weighted by atomic mass is 19.1. The molecule has 0 aromatic heterocycles. The molecular weight excluding hydrogens is 307 g/mol. The van der Waals surface area contributed by atoms with E-state index in [1.165, 1.54) is 25.0 Å². The SMILES string of the molecule is CN=C(NCCC(=O)NC1CCCC1)N(C)Cc1ccc(F)cc1. The van der Waals surface area contributed by atoms with Crippen molar-refractivity contribution < 1.29 is 9.18 Å². The van der Waals surface area contributed by atoms with Crippen LogP contribution in [-0.2, 0) is 11.3 Å². The number of aliphatic imine (C=N–C) groups is 1. The Hall–Kier alpha value is -2.11. The van der Waals surface area contributed by atoms with Crippen molar-refractivity contribution >= 4 is 11.9 Å². The lowest BCUT2D eigenvalue weighted by molar-refractivity contribution is -0.121. The van der Waals surface area contributed by atoms with E-state index in [0.29, 0.717) is 31.5 Å². The van der Waals surface area contributed by atoms with Gasteiger partial charge in [-0.3, -0.25) is 9.79 Å². The molecule has 6 heteroatoms. The Morgan fingerprint density at radius 3 is 2.58 bits per heavy atom. The summed E-state index contributed by atoms with van der Waals surface area (Å²) < 4.78 is 12.9. The van der Waals surface area contributed by atoms with Crippen LogP contribution in [0.3, 0.4) is 0 Å². The van der Waals surface area contributed by atoms with Crippen LogP contribution in [0.5, 0.6) is 0 Å². The first-order valence-electron chi connectivity index (χ1n) is 8.54. The Balaban J connectivity index is 1.72. The summed E-state index contributed by atoms with van der Waals surface area (Å²) in [5.74, 6) is 0.566. The quantitative estimate of drug-likeness (QED) is 0.620. The molecule has 0 bridgehead atoms. The third-order valence-corrected chi connectivity index (χ3v) is 4.26. The third kappa shape index (κ3) is 5.83. The molecule has 24 heavy (non-hydrogen) atoms. The first kappa shape index (κ1) is 18.2.